The molecule has 2 aromatic heterocycles. The molecule has 2 aliphatic rings. The van der Waals surface area contributed by atoms with E-state index in [9.17, 15) is 4.79 Å². The van der Waals surface area contributed by atoms with Gasteiger partial charge in [0, 0.05) is 49.0 Å². The molecule has 126 valence electrons. The molecule has 1 atom stereocenters. The van der Waals surface area contributed by atoms with E-state index in [2.05, 4.69) is 19.9 Å². The third kappa shape index (κ3) is 3.18. The minimum atomic E-state index is 0.0144. The highest BCUT2D eigenvalue weighted by molar-refractivity contribution is 7.09. The minimum absolute atomic E-state index is 0.0144. The van der Waals surface area contributed by atoms with Crippen LogP contribution < -0.4 is 0 Å². The van der Waals surface area contributed by atoms with Gasteiger partial charge in [-0.05, 0) is 25.8 Å². The zero-order valence-electron chi connectivity index (χ0n) is 13.6. The van der Waals surface area contributed by atoms with E-state index in [-0.39, 0.29) is 11.3 Å². The lowest BCUT2D eigenvalue weighted by Crippen LogP contribution is -2.47. The van der Waals surface area contributed by atoms with Gasteiger partial charge in [-0.25, -0.2) is 9.97 Å². The molecule has 1 amide bonds. The predicted molar refractivity (Wildman–Crippen MR) is 91.6 cm³/mol. The molecule has 2 aromatic rings. The van der Waals surface area contributed by atoms with Crippen molar-refractivity contribution in [1.82, 2.24) is 24.8 Å². The summed E-state index contributed by atoms with van der Waals surface area (Å²) < 4.78 is 0. The van der Waals surface area contributed by atoms with Gasteiger partial charge in [0.05, 0.1) is 12.7 Å². The third-order valence-corrected chi connectivity index (χ3v) is 5.86. The topological polar surface area (TPSA) is 62.2 Å². The Morgan fingerprint density at radius 2 is 2.12 bits per heavy atom. The highest BCUT2D eigenvalue weighted by Crippen LogP contribution is 2.39. The molecule has 0 bridgehead atoms. The lowest BCUT2D eigenvalue weighted by Gasteiger charge is -2.40. The standard InChI is InChI=1S/C17H21N5OS/c23-16(14-10-18-4-5-19-14)22-7-1-2-17(13-22)3-8-21(12-17)11-15-20-6-9-24-15/h4-6,9-10H,1-3,7-8,11-13H2/t17-/m1/s1. The molecule has 1 spiro atoms. The summed E-state index contributed by atoms with van der Waals surface area (Å²) in [5, 5.41) is 3.21. The Kier molecular flexibility index (Phi) is 4.28. The molecule has 7 heteroatoms. The molecule has 6 nitrogen and oxygen atoms in total. The van der Waals surface area contributed by atoms with E-state index in [1.54, 1.807) is 29.9 Å². The van der Waals surface area contributed by atoms with Gasteiger partial charge in [0.15, 0.2) is 0 Å². The Hall–Kier alpha value is -1.86. The second kappa shape index (κ2) is 6.57. The van der Waals surface area contributed by atoms with E-state index in [1.807, 2.05) is 16.5 Å². The Labute approximate surface area is 145 Å². The van der Waals surface area contributed by atoms with Gasteiger partial charge in [0.25, 0.3) is 5.91 Å². The van der Waals surface area contributed by atoms with Gasteiger partial charge in [-0.2, -0.15) is 0 Å². The molecule has 24 heavy (non-hydrogen) atoms. The van der Waals surface area contributed by atoms with E-state index in [0.29, 0.717) is 5.69 Å². The van der Waals surface area contributed by atoms with Crippen molar-refractivity contribution in [3.05, 3.63) is 40.9 Å². The summed E-state index contributed by atoms with van der Waals surface area (Å²) in [5.41, 5.74) is 0.681. The molecule has 4 rings (SSSR count). The zero-order valence-corrected chi connectivity index (χ0v) is 14.4. The van der Waals surface area contributed by atoms with E-state index in [4.69, 9.17) is 0 Å². The highest BCUT2D eigenvalue weighted by Gasteiger charge is 2.42. The summed E-state index contributed by atoms with van der Waals surface area (Å²) in [7, 11) is 0. The first-order chi connectivity index (χ1) is 11.7. The molecule has 0 N–H and O–H groups in total. The van der Waals surface area contributed by atoms with Crippen LogP contribution in [0.5, 0.6) is 0 Å². The average molecular weight is 343 g/mol. The molecule has 0 unspecified atom stereocenters. The molecule has 0 aliphatic carbocycles. The first kappa shape index (κ1) is 15.7. The second-order valence-corrected chi connectivity index (χ2v) is 7.79. The first-order valence-corrected chi connectivity index (χ1v) is 9.28. The Bertz CT molecular complexity index is 692. The second-order valence-electron chi connectivity index (χ2n) is 6.81. The summed E-state index contributed by atoms with van der Waals surface area (Å²) in [6.07, 6.45) is 10.0. The number of nitrogens with zero attached hydrogens (tertiary/aromatic N) is 5. The summed E-state index contributed by atoms with van der Waals surface area (Å²) >= 11 is 1.72. The third-order valence-electron chi connectivity index (χ3n) is 5.09. The SMILES string of the molecule is O=C(c1cnccn1)N1CCC[C@]2(CCN(Cc3nccs3)C2)C1. The van der Waals surface area contributed by atoms with Crippen molar-refractivity contribution >= 4 is 17.2 Å². The molecule has 0 saturated carbocycles. The number of aromatic nitrogens is 3. The maximum absolute atomic E-state index is 12.7. The predicted octanol–water partition coefficient (Wildman–Crippen LogP) is 2.06. The fraction of sp³-hybridized carbons (Fsp3) is 0.529. The number of carbonyl (C=O) groups is 1. The van der Waals surface area contributed by atoms with Crippen molar-refractivity contribution in [2.24, 2.45) is 5.41 Å². The fourth-order valence-corrected chi connectivity index (χ4v) is 4.63. The number of hydrogen-bond acceptors (Lipinski definition) is 6. The Balaban J connectivity index is 1.42. The monoisotopic (exact) mass is 343 g/mol. The van der Waals surface area contributed by atoms with Crippen molar-refractivity contribution < 1.29 is 4.79 Å². The molecule has 4 heterocycles. The van der Waals surface area contributed by atoms with Gasteiger partial charge in [0.2, 0.25) is 0 Å². The van der Waals surface area contributed by atoms with Crippen LogP contribution in [-0.4, -0.2) is 56.8 Å². The van der Waals surface area contributed by atoms with Crippen LogP contribution in [0.2, 0.25) is 0 Å². The van der Waals surface area contributed by atoms with Crippen molar-refractivity contribution in [3.8, 4) is 0 Å². The average Bonchev–Trinajstić information content (AvgIpc) is 3.26. The summed E-state index contributed by atoms with van der Waals surface area (Å²) in [5.74, 6) is 0.0144. The molecule has 0 aromatic carbocycles. The number of hydrogen-bond donors (Lipinski definition) is 0. The minimum Gasteiger partial charge on any atom is -0.337 e. The number of carbonyl (C=O) groups excluding carboxylic acids is 1. The van der Waals surface area contributed by atoms with Crippen LogP contribution in [0.25, 0.3) is 0 Å². The van der Waals surface area contributed by atoms with Crippen LogP contribution in [0.1, 0.15) is 34.8 Å². The number of rotatable bonds is 3. The van der Waals surface area contributed by atoms with Gasteiger partial charge >= 0.3 is 0 Å². The van der Waals surface area contributed by atoms with Crippen LogP contribution >= 0.6 is 11.3 Å². The zero-order chi connectivity index (χ0) is 16.4. The van der Waals surface area contributed by atoms with Crippen molar-refractivity contribution in [3.63, 3.8) is 0 Å². The van der Waals surface area contributed by atoms with Crippen LogP contribution in [-0.2, 0) is 6.54 Å². The molecule has 2 aliphatic heterocycles. The number of amides is 1. The maximum Gasteiger partial charge on any atom is 0.274 e. The summed E-state index contributed by atoms with van der Waals surface area (Å²) in [4.78, 5) is 29.7. The van der Waals surface area contributed by atoms with Crippen LogP contribution in [0.15, 0.2) is 30.2 Å². The molecule has 2 fully saturated rings. The van der Waals surface area contributed by atoms with Crippen molar-refractivity contribution in [2.45, 2.75) is 25.8 Å². The lowest BCUT2D eigenvalue weighted by molar-refractivity contribution is 0.0521. The number of likely N-dealkylation sites (tertiary alicyclic amines) is 2. The lowest BCUT2D eigenvalue weighted by atomic mass is 9.79. The quantitative estimate of drug-likeness (QED) is 0.854. The van der Waals surface area contributed by atoms with Crippen LogP contribution in [0, 0.1) is 5.41 Å². The number of thiazole rings is 1. The summed E-state index contributed by atoms with van der Waals surface area (Å²) in [6, 6.07) is 0. The van der Waals surface area contributed by atoms with Crippen LogP contribution in [0.4, 0.5) is 0 Å². The van der Waals surface area contributed by atoms with E-state index >= 15 is 0 Å². The Morgan fingerprint density at radius 3 is 2.92 bits per heavy atom. The highest BCUT2D eigenvalue weighted by atomic mass is 32.1. The normalized spacial score (nSPS) is 24.6. The number of piperidine rings is 1. The van der Waals surface area contributed by atoms with Gasteiger partial charge < -0.3 is 4.90 Å². The summed E-state index contributed by atoms with van der Waals surface area (Å²) in [6.45, 7) is 4.72. The van der Waals surface area contributed by atoms with E-state index in [0.717, 1.165) is 45.6 Å². The largest absolute Gasteiger partial charge is 0.337 e. The van der Waals surface area contributed by atoms with Gasteiger partial charge in [-0.1, -0.05) is 0 Å². The maximum atomic E-state index is 12.7. The van der Waals surface area contributed by atoms with Gasteiger partial charge in [-0.3, -0.25) is 14.7 Å². The molecule has 2 saturated heterocycles. The smallest absolute Gasteiger partial charge is 0.274 e. The van der Waals surface area contributed by atoms with E-state index < -0.39 is 0 Å². The van der Waals surface area contributed by atoms with Crippen LogP contribution in [0.3, 0.4) is 0 Å². The van der Waals surface area contributed by atoms with E-state index in [1.165, 1.54) is 11.4 Å². The molecular weight excluding hydrogens is 322 g/mol. The van der Waals surface area contributed by atoms with Crippen molar-refractivity contribution in [2.75, 3.05) is 26.2 Å². The van der Waals surface area contributed by atoms with Crippen molar-refractivity contribution in [1.29, 1.82) is 0 Å². The molecular formula is C17H21N5OS. The first-order valence-electron chi connectivity index (χ1n) is 8.40. The van der Waals surface area contributed by atoms with Gasteiger partial charge in [-0.15, -0.1) is 11.3 Å². The molecule has 0 radical (unpaired) electrons. The van der Waals surface area contributed by atoms with Gasteiger partial charge in [0.1, 0.15) is 10.7 Å². The Morgan fingerprint density at radius 1 is 1.17 bits per heavy atom. The fourth-order valence-electron chi connectivity index (χ4n) is 3.97.